The van der Waals surface area contributed by atoms with Crippen molar-refractivity contribution in [2.24, 2.45) is 0 Å². The fourth-order valence-electron chi connectivity index (χ4n) is 4.00. The number of para-hydroxylation sites is 1. The third-order valence-corrected chi connectivity index (χ3v) is 6.26. The first-order valence-electron chi connectivity index (χ1n) is 9.81. The average Bonchev–Trinajstić information content (AvgIpc) is 3.20. The van der Waals surface area contributed by atoms with E-state index in [9.17, 15) is 0 Å². The van der Waals surface area contributed by atoms with Gasteiger partial charge in [0.2, 0.25) is 0 Å². The van der Waals surface area contributed by atoms with E-state index in [1.807, 2.05) is 6.07 Å². The van der Waals surface area contributed by atoms with Crippen molar-refractivity contribution in [2.75, 3.05) is 0 Å². The molecule has 0 N–H and O–H groups in total. The summed E-state index contributed by atoms with van der Waals surface area (Å²) in [4.78, 5) is 0. The van der Waals surface area contributed by atoms with Crippen LogP contribution in [0.25, 0.3) is 27.4 Å². The molecule has 28 heavy (non-hydrogen) atoms. The highest BCUT2D eigenvalue weighted by molar-refractivity contribution is 6.65. The van der Waals surface area contributed by atoms with Gasteiger partial charge in [0.25, 0.3) is 0 Å². The zero-order valence-corrected chi connectivity index (χ0v) is 16.8. The molecule has 2 heterocycles. The van der Waals surface area contributed by atoms with Crippen molar-refractivity contribution < 1.29 is 9.31 Å². The molecule has 0 aliphatic carbocycles. The highest BCUT2D eigenvalue weighted by Crippen LogP contribution is 2.38. The first-order chi connectivity index (χ1) is 13.4. The monoisotopic (exact) mass is 369 g/mol. The minimum Gasteiger partial charge on any atom is -0.399 e. The van der Waals surface area contributed by atoms with Crippen LogP contribution >= 0.6 is 0 Å². The molecular weight excluding hydrogens is 345 g/mol. The van der Waals surface area contributed by atoms with Gasteiger partial charge in [-0.2, -0.15) is 0 Å². The Kier molecular flexibility index (Phi) is 3.74. The maximum atomic E-state index is 6.37. The molecule has 0 bridgehead atoms. The smallest absolute Gasteiger partial charge is 0.399 e. The Morgan fingerprint density at radius 2 is 1.36 bits per heavy atom. The van der Waals surface area contributed by atoms with Crippen molar-refractivity contribution in [2.45, 2.75) is 38.9 Å². The molecule has 4 aromatic rings. The van der Waals surface area contributed by atoms with Crippen molar-refractivity contribution in [1.29, 1.82) is 0 Å². The standard InChI is InChI=1S/C24H24BNO2/c1-23(2)24(3,4)28-25(27-23)21-16-17-14-15-26(18-10-6-5-7-11-18)22(17)20-13-9-8-12-19(20)21/h5-16H,1-4H3. The van der Waals surface area contributed by atoms with E-state index in [0.717, 1.165) is 11.2 Å². The topological polar surface area (TPSA) is 23.4 Å². The average molecular weight is 369 g/mol. The summed E-state index contributed by atoms with van der Waals surface area (Å²) in [6.45, 7) is 8.39. The molecule has 0 spiro atoms. The summed E-state index contributed by atoms with van der Waals surface area (Å²) in [5.74, 6) is 0. The van der Waals surface area contributed by atoms with Gasteiger partial charge >= 0.3 is 7.12 Å². The lowest BCUT2D eigenvalue weighted by atomic mass is 9.75. The van der Waals surface area contributed by atoms with Crippen LogP contribution in [-0.2, 0) is 9.31 Å². The van der Waals surface area contributed by atoms with E-state index >= 15 is 0 Å². The molecule has 0 saturated carbocycles. The summed E-state index contributed by atoms with van der Waals surface area (Å²) in [5.41, 5.74) is 2.74. The van der Waals surface area contributed by atoms with Gasteiger partial charge in [-0.3, -0.25) is 0 Å². The van der Waals surface area contributed by atoms with E-state index in [2.05, 4.69) is 99.1 Å². The molecule has 1 aromatic heterocycles. The van der Waals surface area contributed by atoms with Crippen LogP contribution in [0.3, 0.4) is 0 Å². The summed E-state index contributed by atoms with van der Waals surface area (Å²) in [6.07, 6.45) is 2.14. The van der Waals surface area contributed by atoms with E-state index in [1.54, 1.807) is 0 Å². The zero-order chi connectivity index (χ0) is 19.5. The second-order valence-electron chi connectivity index (χ2n) is 8.56. The predicted octanol–water partition coefficient (Wildman–Crippen LogP) is 5.08. The van der Waals surface area contributed by atoms with Gasteiger partial charge in [0.05, 0.1) is 16.7 Å². The van der Waals surface area contributed by atoms with E-state index < -0.39 is 0 Å². The summed E-state index contributed by atoms with van der Waals surface area (Å²) >= 11 is 0. The highest BCUT2D eigenvalue weighted by Gasteiger charge is 2.52. The third kappa shape index (κ3) is 2.52. The Morgan fingerprint density at radius 3 is 2.04 bits per heavy atom. The van der Waals surface area contributed by atoms with Crippen LogP contribution < -0.4 is 5.46 Å². The van der Waals surface area contributed by atoms with E-state index in [0.29, 0.717) is 0 Å². The summed E-state index contributed by atoms with van der Waals surface area (Å²) < 4.78 is 15.0. The molecule has 3 aromatic carbocycles. The van der Waals surface area contributed by atoms with E-state index in [-0.39, 0.29) is 18.3 Å². The van der Waals surface area contributed by atoms with Gasteiger partial charge in [-0.15, -0.1) is 0 Å². The van der Waals surface area contributed by atoms with Crippen molar-refractivity contribution in [3.63, 3.8) is 0 Å². The second-order valence-corrected chi connectivity index (χ2v) is 8.56. The number of rotatable bonds is 2. The number of nitrogens with zero attached hydrogens (tertiary/aromatic N) is 1. The van der Waals surface area contributed by atoms with Gasteiger partial charge in [0, 0.05) is 22.7 Å². The molecule has 0 unspecified atom stereocenters. The van der Waals surface area contributed by atoms with Crippen LogP contribution in [0.5, 0.6) is 0 Å². The first-order valence-corrected chi connectivity index (χ1v) is 9.81. The largest absolute Gasteiger partial charge is 0.495 e. The molecule has 140 valence electrons. The third-order valence-electron chi connectivity index (χ3n) is 6.26. The Hall–Kier alpha value is -2.56. The van der Waals surface area contributed by atoms with E-state index in [4.69, 9.17) is 9.31 Å². The van der Waals surface area contributed by atoms with Gasteiger partial charge in [-0.1, -0.05) is 48.5 Å². The normalized spacial score (nSPS) is 18.2. The number of fused-ring (bicyclic) bond motifs is 3. The van der Waals surface area contributed by atoms with E-state index in [1.165, 1.54) is 21.7 Å². The quantitative estimate of drug-likeness (QED) is 0.460. The molecule has 0 atom stereocenters. The van der Waals surface area contributed by atoms with Crippen molar-refractivity contribution in [1.82, 2.24) is 4.57 Å². The van der Waals surface area contributed by atoms with Gasteiger partial charge in [-0.05, 0) is 56.7 Å². The lowest BCUT2D eigenvalue weighted by Gasteiger charge is -2.32. The minimum atomic E-state index is -0.376. The van der Waals surface area contributed by atoms with Crippen LogP contribution in [0.4, 0.5) is 0 Å². The first kappa shape index (κ1) is 17.5. The van der Waals surface area contributed by atoms with Crippen molar-refractivity contribution in [3.8, 4) is 5.69 Å². The number of hydrogen-bond donors (Lipinski definition) is 0. The molecule has 1 saturated heterocycles. The molecule has 3 nitrogen and oxygen atoms in total. The fraction of sp³-hybridized carbons (Fsp3) is 0.250. The minimum absolute atomic E-state index is 0.357. The van der Waals surface area contributed by atoms with Crippen LogP contribution in [0.15, 0.2) is 72.9 Å². The maximum Gasteiger partial charge on any atom is 0.495 e. The number of hydrogen-bond acceptors (Lipinski definition) is 2. The zero-order valence-electron chi connectivity index (χ0n) is 16.8. The van der Waals surface area contributed by atoms with Crippen LogP contribution in [0.1, 0.15) is 27.7 Å². The molecule has 4 heteroatoms. The predicted molar refractivity (Wildman–Crippen MR) is 116 cm³/mol. The summed E-state index contributed by atoms with van der Waals surface area (Å²) in [6, 6.07) is 23.4. The van der Waals surface area contributed by atoms with Crippen LogP contribution in [0, 0.1) is 0 Å². The maximum absolute atomic E-state index is 6.37. The lowest BCUT2D eigenvalue weighted by molar-refractivity contribution is 0.00578. The van der Waals surface area contributed by atoms with Gasteiger partial charge < -0.3 is 13.9 Å². The van der Waals surface area contributed by atoms with Crippen molar-refractivity contribution in [3.05, 3.63) is 72.9 Å². The van der Waals surface area contributed by atoms with Gasteiger partial charge in [0.15, 0.2) is 0 Å². The summed E-state index contributed by atoms with van der Waals surface area (Å²) in [7, 11) is -0.376. The Bertz CT molecular complexity index is 1160. The van der Waals surface area contributed by atoms with Gasteiger partial charge in [-0.25, -0.2) is 0 Å². The summed E-state index contributed by atoms with van der Waals surface area (Å²) in [5, 5.41) is 3.57. The molecule has 1 aliphatic rings. The molecular formula is C24H24BNO2. The Balaban J connectivity index is 1.75. The molecule has 5 rings (SSSR count). The Labute approximate surface area is 166 Å². The SMILES string of the molecule is CC1(C)OB(c2cc3ccn(-c4ccccc4)c3c3ccccc23)OC1(C)C. The van der Waals surface area contributed by atoms with Crippen molar-refractivity contribution >= 4 is 34.3 Å². The van der Waals surface area contributed by atoms with Crippen LogP contribution in [0.2, 0.25) is 0 Å². The highest BCUT2D eigenvalue weighted by atomic mass is 16.7. The fourth-order valence-corrected chi connectivity index (χ4v) is 4.00. The van der Waals surface area contributed by atoms with Crippen LogP contribution in [-0.4, -0.2) is 22.9 Å². The molecule has 0 radical (unpaired) electrons. The Morgan fingerprint density at radius 1 is 0.750 bits per heavy atom. The number of benzene rings is 3. The lowest BCUT2D eigenvalue weighted by Crippen LogP contribution is -2.41. The van der Waals surface area contributed by atoms with Gasteiger partial charge in [0.1, 0.15) is 0 Å². The molecule has 0 amide bonds. The molecule has 1 aliphatic heterocycles. The second kappa shape index (κ2) is 5.97. The number of aromatic nitrogens is 1. The molecule has 1 fully saturated rings.